The van der Waals surface area contributed by atoms with E-state index in [9.17, 15) is 0 Å². The van der Waals surface area contributed by atoms with E-state index in [1.54, 1.807) is 0 Å². The molecule has 1 aromatic carbocycles. The van der Waals surface area contributed by atoms with Crippen molar-refractivity contribution in [2.75, 3.05) is 18.5 Å². The maximum atomic E-state index is 5.72. The van der Waals surface area contributed by atoms with Gasteiger partial charge in [0.1, 0.15) is 5.82 Å². The number of aromatic amines is 1. The van der Waals surface area contributed by atoms with Gasteiger partial charge in [0.15, 0.2) is 11.5 Å². The summed E-state index contributed by atoms with van der Waals surface area (Å²) in [6.07, 6.45) is 3.40. The zero-order valence-corrected chi connectivity index (χ0v) is 11.2. The van der Waals surface area contributed by atoms with Crippen LogP contribution in [0.25, 0.3) is 11.3 Å². The summed E-state index contributed by atoms with van der Waals surface area (Å²) in [6.45, 7) is 1.42. The number of H-pyrrole nitrogens is 1. The predicted molar refractivity (Wildman–Crippen MR) is 76.3 cm³/mol. The minimum absolute atomic E-state index is 0.606. The summed E-state index contributed by atoms with van der Waals surface area (Å²) in [5, 5.41) is 10.7. The van der Waals surface area contributed by atoms with E-state index in [2.05, 4.69) is 15.5 Å². The summed E-state index contributed by atoms with van der Waals surface area (Å²) in [6, 6.07) is 8.65. The lowest BCUT2D eigenvalue weighted by atomic mass is 10.1. The zero-order valence-electron chi connectivity index (χ0n) is 11.2. The highest BCUT2D eigenvalue weighted by Crippen LogP contribution is 2.34. The average molecular weight is 271 g/mol. The van der Waals surface area contributed by atoms with Crippen LogP contribution in [0, 0.1) is 0 Å². The number of hydrogen-bond donors (Lipinski definition) is 2. The van der Waals surface area contributed by atoms with E-state index in [0.29, 0.717) is 19.3 Å². The van der Waals surface area contributed by atoms with Gasteiger partial charge in [-0.3, -0.25) is 5.10 Å². The zero-order chi connectivity index (χ0) is 13.4. The Morgan fingerprint density at radius 2 is 1.95 bits per heavy atom. The lowest BCUT2D eigenvalue weighted by Gasteiger charge is -2.08. The van der Waals surface area contributed by atoms with Crippen LogP contribution in [0.4, 0.5) is 5.82 Å². The maximum absolute atomic E-state index is 5.72. The smallest absolute Gasteiger partial charge is 0.161 e. The molecule has 2 aromatic rings. The monoisotopic (exact) mass is 271 g/mol. The molecule has 1 fully saturated rings. The van der Waals surface area contributed by atoms with Crippen LogP contribution in [-0.2, 0) is 0 Å². The lowest BCUT2D eigenvalue weighted by molar-refractivity contribution is 0.297. The number of aromatic nitrogens is 2. The Labute approximate surface area is 117 Å². The molecular weight excluding hydrogens is 254 g/mol. The first kappa shape index (κ1) is 11.6. The van der Waals surface area contributed by atoms with E-state index in [0.717, 1.165) is 35.0 Å². The number of nitrogens with zero attached hydrogens (tertiary/aromatic N) is 1. The molecule has 0 unspecified atom stereocenters. The highest BCUT2D eigenvalue weighted by molar-refractivity contribution is 5.66. The van der Waals surface area contributed by atoms with E-state index >= 15 is 0 Å². The second-order valence-corrected chi connectivity index (χ2v) is 5.30. The third-order valence-corrected chi connectivity index (χ3v) is 3.57. The summed E-state index contributed by atoms with van der Waals surface area (Å²) in [5.74, 6) is 2.54. The van der Waals surface area contributed by atoms with Gasteiger partial charge in [0.2, 0.25) is 0 Å². The van der Waals surface area contributed by atoms with Crippen LogP contribution in [0.3, 0.4) is 0 Å². The first-order chi connectivity index (χ1) is 9.88. The Morgan fingerprint density at radius 1 is 1.10 bits per heavy atom. The van der Waals surface area contributed by atoms with Gasteiger partial charge in [-0.2, -0.15) is 5.10 Å². The molecule has 1 aliphatic carbocycles. The number of benzene rings is 1. The van der Waals surface area contributed by atoms with Gasteiger partial charge < -0.3 is 14.8 Å². The fourth-order valence-electron chi connectivity index (χ4n) is 2.31. The van der Waals surface area contributed by atoms with Crippen molar-refractivity contribution >= 4 is 5.82 Å². The Bertz CT molecular complexity index is 619. The van der Waals surface area contributed by atoms with Crippen LogP contribution in [0.5, 0.6) is 11.5 Å². The van der Waals surface area contributed by atoms with Gasteiger partial charge in [-0.15, -0.1) is 0 Å². The van der Waals surface area contributed by atoms with E-state index in [-0.39, 0.29) is 0 Å². The van der Waals surface area contributed by atoms with Gasteiger partial charge in [-0.25, -0.2) is 0 Å². The molecule has 0 bridgehead atoms. The van der Waals surface area contributed by atoms with E-state index in [1.807, 2.05) is 24.3 Å². The fraction of sp³-hybridized carbons (Fsp3) is 0.400. The van der Waals surface area contributed by atoms with Crippen LogP contribution >= 0.6 is 0 Å². The van der Waals surface area contributed by atoms with Gasteiger partial charge in [-0.1, -0.05) is 0 Å². The lowest BCUT2D eigenvalue weighted by Crippen LogP contribution is -2.00. The SMILES string of the molecule is c1cc2c(cc1-c1cc(NC3CC3)n[nH]1)OCCCO2. The van der Waals surface area contributed by atoms with Gasteiger partial charge in [0.25, 0.3) is 0 Å². The molecule has 104 valence electrons. The van der Waals surface area contributed by atoms with Crippen molar-refractivity contribution in [3.05, 3.63) is 24.3 Å². The summed E-state index contributed by atoms with van der Waals surface area (Å²) >= 11 is 0. The highest BCUT2D eigenvalue weighted by Gasteiger charge is 2.22. The van der Waals surface area contributed by atoms with Crippen LogP contribution in [0.1, 0.15) is 19.3 Å². The van der Waals surface area contributed by atoms with Crippen LogP contribution in [-0.4, -0.2) is 29.5 Å². The van der Waals surface area contributed by atoms with E-state index in [1.165, 1.54) is 12.8 Å². The molecule has 2 heterocycles. The molecule has 1 aliphatic heterocycles. The first-order valence-corrected chi connectivity index (χ1v) is 7.10. The van der Waals surface area contributed by atoms with E-state index < -0.39 is 0 Å². The number of ether oxygens (including phenoxy) is 2. The molecular formula is C15H17N3O2. The quantitative estimate of drug-likeness (QED) is 0.901. The number of anilines is 1. The Balaban J connectivity index is 1.60. The topological polar surface area (TPSA) is 59.2 Å². The number of fused-ring (bicyclic) bond motifs is 1. The minimum atomic E-state index is 0.606. The van der Waals surface area contributed by atoms with Crippen molar-refractivity contribution in [2.24, 2.45) is 0 Å². The third kappa shape index (κ3) is 2.31. The third-order valence-electron chi connectivity index (χ3n) is 3.57. The van der Waals surface area contributed by atoms with E-state index in [4.69, 9.17) is 9.47 Å². The molecule has 0 atom stereocenters. The van der Waals surface area contributed by atoms with Crippen molar-refractivity contribution in [1.29, 1.82) is 0 Å². The van der Waals surface area contributed by atoms with Crippen molar-refractivity contribution in [2.45, 2.75) is 25.3 Å². The predicted octanol–water partition coefficient (Wildman–Crippen LogP) is 2.81. The van der Waals surface area contributed by atoms with Crippen molar-refractivity contribution in [1.82, 2.24) is 10.2 Å². The van der Waals surface area contributed by atoms with Crippen LogP contribution in [0.15, 0.2) is 24.3 Å². The standard InChI is InChI=1S/C15H17N3O2/c1-6-19-13-5-2-10(8-14(13)20-7-1)12-9-15(18-17-12)16-11-3-4-11/h2,5,8-9,11H,1,3-4,6-7H2,(H2,16,17,18). The molecule has 1 saturated carbocycles. The molecule has 0 spiro atoms. The largest absolute Gasteiger partial charge is 0.490 e. The Morgan fingerprint density at radius 3 is 2.80 bits per heavy atom. The molecule has 5 heteroatoms. The Hall–Kier alpha value is -2.17. The van der Waals surface area contributed by atoms with Gasteiger partial charge >= 0.3 is 0 Å². The first-order valence-electron chi connectivity index (χ1n) is 7.10. The second-order valence-electron chi connectivity index (χ2n) is 5.30. The molecule has 0 amide bonds. The molecule has 20 heavy (non-hydrogen) atoms. The van der Waals surface area contributed by atoms with Crippen LogP contribution < -0.4 is 14.8 Å². The van der Waals surface area contributed by atoms with Crippen molar-refractivity contribution in [3.8, 4) is 22.8 Å². The molecule has 2 N–H and O–H groups in total. The minimum Gasteiger partial charge on any atom is -0.490 e. The molecule has 5 nitrogen and oxygen atoms in total. The molecule has 0 saturated heterocycles. The summed E-state index contributed by atoms with van der Waals surface area (Å²) < 4.78 is 11.4. The summed E-state index contributed by atoms with van der Waals surface area (Å²) in [5.41, 5.74) is 2.05. The van der Waals surface area contributed by atoms with Crippen molar-refractivity contribution < 1.29 is 9.47 Å². The maximum Gasteiger partial charge on any atom is 0.161 e. The summed E-state index contributed by atoms with van der Waals surface area (Å²) in [7, 11) is 0. The fourth-order valence-corrected chi connectivity index (χ4v) is 2.31. The molecule has 2 aliphatic rings. The van der Waals surface area contributed by atoms with Crippen molar-refractivity contribution in [3.63, 3.8) is 0 Å². The molecule has 0 radical (unpaired) electrons. The Kier molecular flexibility index (Phi) is 2.76. The second kappa shape index (κ2) is 4.74. The van der Waals surface area contributed by atoms with Gasteiger partial charge in [-0.05, 0) is 31.0 Å². The number of hydrogen-bond acceptors (Lipinski definition) is 4. The molecule has 1 aromatic heterocycles. The number of nitrogens with one attached hydrogen (secondary N) is 2. The summed E-state index contributed by atoms with van der Waals surface area (Å²) in [4.78, 5) is 0. The highest BCUT2D eigenvalue weighted by atomic mass is 16.5. The normalized spacial score (nSPS) is 17.6. The van der Waals surface area contributed by atoms with Crippen LogP contribution in [0.2, 0.25) is 0 Å². The number of rotatable bonds is 3. The molecule has 4 rings (SSSR count). The van der Waals surface area contributed by atoms with Gasteiger partial charge in [0.05, 0.1) is 18.9 Å². The average Bonchev–Trinajstić information content (AvgIpc) is 3.20. The van der Waals surface area contributed by atoms with Gasteiger partial charge in [0, 0.05) is 24.1 Å².